The predicted octanol–water partition coefficient (Wildman–Crippen LogP) is 3.70. The molecule has 0 spiro atoms. The van der Waals surface area contributed by atoms with Gasteiger partial charge in [-0.3, -0.25) is 0 Å². The SMILES string of the molecule is CNC(Cc1ccsc1)CC1CCC(F)(F)C1. The Bertz CT molecular complexity index is 337. The molecular weight excluding hydrogens is 240 g/mol. The fourth-order valence-electron chi connectivity index (χ4n) is 2.64. The lowest BCUT2D eigenvalue weighted by atomic mass is 9.95. The molecule has 1 aromatic heterocycles. The molecule has 1 fully saturated rings. The lowest BCUT2D eigenvalue weighted by Crippen LogP contribution is -2.29. The van der Waals surface area contributed by atoms with E-state index in [-0.39, 0.29) is 18.8 Å². The summed E-state index contributed by atoms with van der Waals surface area (Å²) in [6, 6.07) is 2.43. The molecule has 1 N–H and O–H groups in total. The van der Waals surface area contributed by atoms with Crippen molar-refractivity contribution in [2.45, 2.75) is 44.1 Å². The number of likely N-dealkylation sites (N-methyl/N-ethyl adjacent to an activating group) is 1. The first-order valence-corrected chi connectivity index (χ1v) is 7.09. The van der Waals surface area contributed by atoms with Crippen LogP contribution in [0.15, 0.2) is 16.8 Å². The maximum atomic E-state index is 13.1. The van der Waals surface area contributed by atoms with E-state index in [9.17, 15) is 8.78 Å². The topological polar surface area (TPSA) is 12.0 Å². The number of nitrogens with one attached hydrogen (secondary N) is 1. The lowest BCUT2D eigenvalue weighted by molar-refractivity contribution is 0.00436. The minimum atomic E-state index is -2.41. The molecule has 1 saturated carbocycles. The van der Waals surface area contributed by atoms with Crippen LogP contribution in [-0.2, 0) is 6.42 Å². The molecule has 1 aliphatic rings. The quantitative estimate of drug-likeness (QED) is 0.850. The highest BCUT2D eigenvalue weighted by molar-refractivity contribution is 7.07. The molecule has 0 amide bonds. The monoisotopic (exact) mass is 259 g/mol. The summed E-state index contributed by atoms with van der Waals surface area (Å²) in [7, 11) is 1.92. The number of hydrogen-bond acceptors (Lipinski definition) is 2. The van der Waals surface area contributed by atoms with E-state index in [0.717, 1.165) is 12.8 Å². The van der Waals surface area contributed by atoms with Crippen molar-refractivity contribution >= 4 is 11.3 Å². The van der Waals surface area contributed by atoms with Crippen LogP contribution >= 0.6 is 11.3 Å². The normalized spacial score (nSPS) is 25.0. The van der Waals surface area contributed by atoms with Gasteiger partial charge in [0.15, 0.2) is 0 Å². The summed E-state index contributed by atoms with van der Waals surface area (Å²) in [6.45, 7) is 0. The summed E-state index contributed by atoms with van der Waals surface area (Å²) >= 11 is 1.69. The van der Waals surface area contributed by atoms with E-state index in [1.54, 1.807) is 11.3 Å². The van der Waals surface area contributed by atoms with Crippen LogP contribution in [0.1, 0.15) is 31.2 Å². The molecule has 96 valence electrons. The highest BCUT2D eigenvalue weighted by Gasteiger charge is 2.39. The first-order valence-electron chi connectivity index (χ1n) is 6.15. The zero-order chi connectivity index (χ0) is 12.3. The zero-order valence-electron chi connectivity index (χ0n) is 10.1. The largest absolute Gasteiger partial charge is 0.317 e. The van der Waals surface area contributed by atoms with Crippen molar-refractivity contribution < 1.29 is 8.78 Å². The van der Waals surface area contributed by atoms with E-state index in [2.05, 4.69) is 22.1 Å². The molecule has 0 aliphatic heterocycles. The van der Waals surface area contributed by atoms with Crippen LogP contribution in [-0.4, -0.2) is 19.0 Å². The second-order valence-electron chi connectivity index (χ2n) is 5.02. The van der Waals surface area contributed by atoms with Crippen LogP contribution < -0.4 is 5.32 Å². The molecule has 0 saturated heterocycles. The standard InChI is InChI=1S/C13H19F2NS/c1-16-12(7-11-3-5-17-9-11)6-10-2-4-13(14,15)8-10/h3,5,9-10,12,16H,2,4,6-8H2,1H3. The molecule has 4 heteroatoms. The molecule has 2 unspecified atom stereocenters. The van der Waals surface area contributed by atoms with Gasteiger partial charge in [0.25, 0.3) is 0 Å². The summed E-state index contributed by atoms with van der Waals surface area (Å²) in [5, 5.41) is 7.45. The van der Waals surface area contributed by atoms with Crippen LogP contribution in [0.4, 0.5) is 8.78 Å². The Balaban J connectivity index is 1.84. The summed E-state index contributed by atoms with van der Waals surface area (Å²) in [5.41, 5.74) is 1.30. The van der Waals surface area contributed by atoms with Gasteiger partial charge in [-0.05, 0) is 54.6 Å². The number of alkyl halides is 2. The molecule has 2 atom stereocenters. The van der Waals surface area contributed by atoms with Crippen LogP contribution in [0.3, 0.4) is 0 Å². The van der Waals surface area contributed by atoms with Gasteiger partial charge in [0.1, 0.15) is 0 Å². The fourth-order valence-corrected chi connectivity index (χ4v) is 3.32. The van der Waals surface area contributed by atoms with Crippen LogP contribution in [0.25, 0.3) is 0 Å². The van der Waals surface area contributed by atoms with Gasteiger partial charge >= 0.3 is 0 Å². The Labute approximate surface area is 105 Å². The smallest absolute Gasteiger partial charge is 0.248 e. The highest BCUT2D eigenvalue weighted by Crippen LogP contribution is 2.40. The van der Waals surface area contributed by atoms with Gasteiger partial charge in [-0.2, -0.15) is 11.3 Å². The summed E-state index contributed by atoms with van der Waals surface area (Å²) in [5.74, 6) is -2.23. The number of hydrogen-bond donors (Lipinski definition) is 1. The van der Waals surface area contributed by atoms with Crippen LogP contribution in [0.5, 0.6) is 0 Å². The lowest BCUT2D eigenvalue weighted by Gasteiger charge is -2.19. The second kappa shape index (κ2) is 5.44. The van der Waals surface area contributed by atoms with Crippen molar-refractivity contribution in [1.29, 1.82) is 0 Å². The minimum Gasteiger partial charge on any atom is -0.317 e. The predicted molar refractivity (Wildman–Crippen MR) is 67.8 cm³/mol. The molecule has 0 bridgehead atoms. The first kappa shape index (κ1) is 13.0. The number of rotatable bonds is 5. The van der Waals surface area contributed by atoms with E-state index < -0.39 is 5.92 Å². The Morgan fingerprint density at radius 3 is 2.94 bits per heavy atom. The van der Waals surface area contributed by atoms with Gasteiger partial charge < -0.3 is 5.32 Å². The minimum absolute atomic E-state index is 0.0759. The van der Waals surface area contributed by atoms with Crippen molar-refractivity contribution in [2.75, 3.05) is 7.05 Å². The third-order valence-electron chi connectivity index (χ3n) is 3.59. The summed E-state index contributed by atoms with van der Waals surface area (Å²) < 4.78 is 26.2. The third kappa shape index (κ3) is 3.75. The zero-order valence-corrected chi connectivity index (χ0v) is 10.9. The number of thiophene rings is 1. The third-order valence-corrected chi connectivity index (χ3v) is 4.33. The molecule has 1 nitrogen and oxygen atoms in total. The van der Waals surface area contributed by atoms with Gasteiger partial charge in [-0.1, -0.05) is 0 Å². The summed E-state index contributed by atoms with van der Waals surface area (Å²) in [4.78, 5) is 0. The summed E-state index contributed by atoms with van der Waals surface area (Å²) in [6.07, 6.45) is 2.64. The van der Waals surface area contributed by atoms with Crippen LogP contribution in [0, 0.1) is 5.92 Å². The Kier molecular flexibility index (Phi) is 4.15. The maximum Gasteiger partial charge on any atom is 0.248 e. The molecular formula is C13H19F2NS. The Hall–Kier alpha value is -0.480. The average molecular weight is 259 g/mol. The van der Waals surface area contributed by atoms with Crippen molar-refractivity contribution in [3.8, 4) is 0 Å². The number of halogens is 2. The van der Waals surface area contributed by atoms with E-state index in [0.29, 0.717) is 12.5 Å². The van der Waals surface area contributed by atoms with Crippen molar-refractivity contribution in [3.63, 3.8) is 0 Å². The van der Waals surface area contributed by atoms with E-state index >= 15 is 0 Å². The first-order chi connectivity index (χ1) is 8.09. The average Bonchev–Trinajstić information content (AvgIpc) is 2.87. The van der Waals surface area contributed by atoms with Gasteiger partial charge in [-0.15, -0.1) is 0 Å². The molecule has 1 aromatic rings. The molecule has 1 heterocycles. The second-order valence-corrected chi connectivity index (χ2v) is 5.80. The van der Waals surface area contributed by atoms with Gasteiger partial charge in [0.2, 0.25) is 5.92 Å². The molecule has 2 rings (SSSR count). The van der Waals surface area contributed by atoms with Crippen molar-refractivity contribution in [1.82, 2.24) is 5.32 Å². The van der Waals surface area contributed by atoms with Gasteiger partial charge in [0.05, 0.1) is 0 Å². The van der Waals surface area contributed by atoms with Crippen molar-refractivity contribution in [2.24, 2.45) is 5.92 Å². The highest BCUT2D eigenvalue weighted by atomic mass is 32.1. The fraction of sp³-hybridized carbons (Fsp3) is 0.692. The van der Waals surface area contributed by atoms with Gasteiger partial charge in [-0.25, -0.2) is 8.78 Å². The van der Waals surface area contributed by atoms with E-state index in [1.807, 2.05) is 7.05 Å². The molecule has 0 aromatic carbocycles. The van der Waals surface area contributed by atoms with Crippen LogP contribution in [0.2, 0.25) is 0 Å². The Morgan fingerprint density at radius 2 is 2.41 bits per heavy atom. The van der Waals surface area contributed by atoms with Gasteiger partial charge in [0, 0.05) is 18.9 Å². The molecule has 0 radical (unpaired) electrons. The Morgan fingerprint density at radius 1 is 1.59 bits per heavy atom. The van der Waals surface area contributed by atoms with Crippen molar-refractivity contribution in [3.05, 3.63) is 22.4 Å². The molecule has 1 aliphatic carbocycles. The molecule has 17 heavy (non-hydrogen) atoms. The van der Waals surface area contributed by atoms with E-state index in [1.165, 1.54) is 5.56 Å². The van der Waals surface area contributed by atoms with E-state index in [4.69, 9.17) is 0 Å². The maximum absolute atomic E-state index is 13.1.